The van der Waals surface area contributed by atoms with Crippen molar-refractivity contribution >= 4 is 17.3 Å². The van der Waals surface area contributed by atoms with Gasteiger partial charge in [-0.25, -0.2) is 0 Å². The third kappa shape index (κ3) is 3.05. The van der Waals surface area contributed by atoms with E-state index in [1.54, 1.807) is 0 Å². The van der Waals surface area contributed by atoms with Crippen molar-refractivity contribution in [3.63, 3.8) is 0 Å². The monoisotopic (exact) mass is 325 g/mol. The number of rotatable bonds is 4. The smallest absolute Gasteiger partial charge is 0.257 e. The van der Waals surface area contributed by atoms with Gasteiger partial charge in [0.15, 0.2) is 0 Å². The van der Waals surface area contributed by atoms with E-state index in [9.17, 15) is 4.79 Å². The van der Waals surface area contributed by atoms with Gasteiger partial charge in [0, 0.05) is 30.5 Å². The highest BCUT2D eigenvalue weighted by atomic mass is 16.1. The van der Waals surface area contributed by atoms with Gasteiger partial charge in [-0.05, 0) is 58.7 Å². The van der Waals surface area contributed by atoms with E-state index in [-0.39, 0.29) is 5.91 Å². The lowest BCUT2D eigenvalue weighted by Gasteiger charge is -2.21. The molecule has 1 aromatic carbocycles. The number of nitrogens with one attached hydrogen (secondary N) is 1. The molecule has 1 aliphatic heterocycles. The second-order valence-electron chi connectivity index (χ2n) is 6.91. The van der Waals surface area contributed by atoms with E-state index in [0.29, 0.717) is 6.04 Å². The van der Waals surface area contributed by atoms with E-state index in [2.05, 4.69) is 41.6 Å². The number of benzene rings is 1. The van der Waals surface area contributed by atoms with Gasteiger partial charge in [0.1, 0.15) is 0 Å². The Kier molecular flexibility index (Phi) is 4.65. The molecule has 0 unspecified atom stereocenters. The number of para-hydroxylation sites is 2. The summed E-state index contributed by atoms with van der Waals surface area (Å²) < 4.78 is 2.21. The lowest BCUT2D eigenvalue weighted by molar-refractivity contribution is 0.102. The quantitative estimate of drug-likeness (QED) is 0.896. The van der Waals surface area contributed by atoms with Crippen LogP contribution < -0.4 is 10.2 Å². The van der Waals surface area contributed by atoms with Crippen LogP contribution in [0.1, 0.15) is 54.5 Å². The molecule has 0 bridgehead atoms. The fourth-order valence-corrected chi connectivity index (χ4v) is 3.80. The van der Waals surface area contributed by atoms with Gasteiger partial charge in [0.25, 0.3) is 5.91 Å². The first-order valence-corrected chi connectivity index (χ1v) is 8.83. The van der Waals surface area contributed by atoms with E-state index in [1.165, 1.54) is 12.8 Å². The topological polar surface area (TPSA) is 37.3 Å². The Hall–Kier alpha value is -2.23. The Morgan fingerprint density at radius 2 is 1.79 bits per heavy atom. The molecular weight excluding hydrogens is 298 g/mol. The first-order valence-electron chi connectivity index (χ1n) is 8.83. The maximum atomic E-state index is 12.8. The summed E-state index contributed by atoms with van der Waals surface area (Å²) in [6.45, 7) is 10.5. The van der Waals surface area contributed by atoms with E-state index < -0.39 is 0 Å². The first-order chi connectivity index (χ1) is 11.5. The third-order valence-corrected chi connectivity index (χ3v) is 4.84. The van der Waals surface area contributed by atoms with Gasteiger partial charge in [-0.15, -0.1) is 0 Å². The number of hydrogen-bond acceptors (Lipinski definition) is 2. The van der Waals surface area contributed by atoms with Crippen LogP contribution in [0.3, 0.4) is 0 Å². The van der Waals surface area contributed by atoms with Crippen molar-refractivity contribution in [2.45, 2.75) is 46.6 Å². The van der Waals surface area contributed by atoms with Crippen LogP contribution in [0.15, 0.2) is 30.3 Å². The van der Waals surface area contributed by atoms with Crippen molar-refractivity contribution in [3.05, 3.63) is 47.3 Å². The molecule has 0 saturated carbocycles. The summed E-state index contributed by atoms with van der Waals surface area (Å²) >= 11 is 0. The summed E-state index contributed by atoms with van der Waals surface area (Å²) in [6, 6.07) is 10.4. The molecule has 4 nitrogen and oxygen atoms in total. The summed E-state index contributed by atoms with van der Waals surface area (Å²) in [4.78, 5) is 15.2. The molecule has 0 radical (unpaired) electrons. The van der Waals surface area contributed by atoms with Crippen molar-refractivity contribution in [1.29, 1.82) is 0 Å². The Bertz CT molecular complexity index is 739. The molecule has 0 atom stereocenters. The van der Waals surface area contributed by atoms with Crippen LogP contribution in [0.25, 0.3) is 0 Å². The second kappa shape index (κ2) is 6.71. The van der Waals surface area contributed by atoms with Crippen LogP contribution in [0.2, 0.25) is 0 Å². The average molecular weight is 325 g/mol. The fourth-order valence-electron chi connectivity index (χ4n) is 3.80. The van der Waals surface area contributed by atoms with Crippen molar-refractivity contribution in [3.8, 4) is 0 Å². The van der Waals surface area contributed by atoms with Crippen molar-refractivity contribution in [2.24, 2.45) is 0 Å². The van der Waals surface area contributed by atoms with Gasteiger partial charge in [0.05, 0.1) is 16.9 Å². The number of nitrogens with zero attached hydrogens (tertiary/aromatic N) is 2. The third-order valence-electron chi connectivity index (χ3n) is 4.84. The van der Waals surface area contributed by atoms with E-state index in [4.69, 9.17) is 0 Å². The minimum Gasteiger partial charge on any atom is -0.370 e. The Morgan fingerprint density at radius 3 is 2.42 bits per heavy atom. The van der Waals surface area contributed by atoms with Gasteiger partial charge >= 0.3 is 0 Å². The Morgan fingerprint density at radius 1 is 1.12 bits per heavy atom. The summed E-state index contributed by atoms with van der Waals surface area (Å²) in [6.07, 6.45) is 2.44. The van der Waals surface area contributed by atoms with Crippen molar-refractivity contribution in [2.75, 3.05) is 23.3 Å². The highest BCUT2D eigenvalue weighted by molar-refractivity contribution is 6.07. The van der Waals surface area contributed by atoms with Gasteiger partial charge in [0.2, 0.25) is 0 Å². The molecule has 1 fully saturated rings. The molecule has 128 valence electrons. The standard InChI is InChI=1S/C20H27N3O/c1-14(2)23-15(3)13-17(16(23)4)20(24)21-18-9-5-6-10-19(18)22-11-7-8-12-22/h5-6,9-10,13-14H,7-8,11-12H2,1-4H3,(H,21,24). The second-order valence-corrected chi connectivity index (χ2v) is 6.91. The van der Waals surface area contributed by atoms with Gasteiger partial charge in [-0.1, -0.05) is 12.1 Å². The molecule has 0 spiro atoms. The molecule has 1 saturated heterocycles. The Balaban J connectivity index is 1.87. The predicted molar refractivity (Wildman–Crippen MR) is 100 cm³/mol. The van der Waals surface area contributed by atoms with Crippen LogP contribution in [0, 0.1) is 13.8 Å². The molecule has 3 rings (SSSR count). The van der Waals surface area contributed by atoms with Gasteiger partial charge in [-0.3, -0.25) is 4.79 Å². The molecule has 2 heterocycles. The summed E-state index contributed by atoms with van der Waals surface area (Å²) in [5.74, 6) is -0.0263. The van der Waals surface area contributed by atoms with Crippen LogP contribution in [0.4, 0.5) is 11.4 Å². The van der Waals surface area contributed by atoms with Crippen LogP contribution >= 0.6 is 0 Å². The number of carbonyl (C=O) groups is 1. The zero-order chi connectivity index (χ0) is 17.3. The van der Waals surface area contributed by atoms with E-state index >= 15 is 0 Å². The van der Waals surface area contributed by atoms with Gasteiger partial charge < -0.3 is 14.8 Å². The number of amides is 1. The number of aryl methyl sites for hydroxylation is 1. The number of hydrogen-bond donors (Lipinski definition) is 1. The van der Waals surface area contributed by atoms with E-state index in [1.807, 2.05) is 31.2 Å². The normalized spacial score (nSPS) is 14.5. The van der Waals surface area contributed by atoms with Crippen LogP contribution in [-0.4, -0.2) is 23.6 Å². The van der Waals surface area contributed by atoms with Crippen molar-refractivity contribution < 1.29 is 4.79 Å². The summed E-state index contributed by atoms with van der Waals surface area (Å²) in [7, 11) is 0. The highest BCUT2D eigenvalue weighted by Crippen LogP contribution is 2.29. The zero-order valence-corrected chi connectivity index (χ0v) is 15.1. The molecule has 1 aromatic heterocycles. The number of aromatic nitrogens is 1. The van der Waals surface area contributed by atoms with Crippen LogP contribution in [-0.2, 0) is 0 Å². The Labute approximate surface area is 144 Å². The lowest BCUT2D eigenvalue weighted by atomic mass is 10.2. The van der Waals surface area contributed by atoms with Gasteiger partial charge in [-0.2, -0.15) is 0 Å². The molecule has 1 N–H and O–H groups in total. The molecule has 24 heavy (non-hydrogen) atoms. The SMILES string of the molecule is Cc1cc(C(=O)Nc2ccccc2N2CCCC2)c(C)n1C(C)C. The minimum atomic E-state index is -0.0263. The van der Waals surface area contributed by atoms with Crippen molar-refractivity contribution in [1.82, 2.24) is 4.57 Å². The fraction of sp³-hybridized carbons (Fsp3) is 0.450. The average Bonchev–Trinajstić information content (AvgIpc) is 3.16. The molecule has 1 amide bonds. The maximum absolute atomic E-state index is 12.8. The van der Waals surface area contributed by atoms with E-state index in [0.717, 1.165) is 41.4 Å². The lowest BCUT2D eigenvalue weighted by Crippen LogP contribution is -2.21. The maximum Gasteiger partial charge on any atom is 0.257 e. The molecule has 2 aromatic rings. The molecular formula is C20H27N3O. The molecule has 4 heteroatoms. The predicted octanol–water partition coefficient (Wildman–Crippen LogP) is 4.54. The first kappa shape index (κ1) is 16.6. The summed E-state index contributed by atoms with van der Waals surface area (Å²) in [5, 5.41) is 3.13. The zero-order valence-electron chi connectivity index (χ0n) is 15.1. The minimum absolute atomic E-state index is 0.0263. The molecule has 0 aliphatic carbocycles. The number of anilines is 2. The number of carbonyl (C=O) groups excluding carboxylic acids is 1. The molecule has 1 aliphatic rings. The largest absolute Gasteiger partial charge is 0.370 e. The highest BCUT2D eigenvalue weighted by Gasteiger charge is 2.20. The summed E-state index contributed by atoms with van der Waals surface area (Å²) in [5.41, 5.74) is 4.94. The van der Waals surface area contributed by atoms with Crippen LogP contribution in [0.5, 0.6) is 0 Å².